The van der Waals surface area contributed by atoms with Gasteiger partial charge in [0.05, 0.1) is 7.11 Å². The highest BCUT2D eigenvalue weighted by Gasteiger charge is 2.19. The van der Waals surface area contributed by atoms with Crippen molar-refractivity contribution in [2.75, 3.05) is 7.11 Å². The van der Waals surface area contributed by atoms with Gasteiger partial charge in [0.2, 0.25) is 0 Å². The minimum atomic E-state index is -1.99. The van der Waals surface area contributed by atoms with Crippen molar-refractivity contribution in [3.63, 3.8) is 0 Å². The summed E-state index contributed by atoms with van der Waals surface area (Å²) >= 11 is 0. The molecule has 0 amide bonds. The number of methoxy groups -OCH3 is 1. The molecule has 4 heteroatoms. The highest BCUT2D eigenvalue weighted by molar-refractivity contribution is 7.49. The van der Waals surface area contributed by atoms with Crippen LogP contribution in [0.5, 0.6) is 5.75 Å². The van der Waals surface area contributed by atoms with E-state index in [-0.39, 0.29) is 5.41 Å². The van der Waals surface area contributed by atoms with Crippen LogP contribution in [0.15, 0.2) is 35.7 Å². The van der Waals surface area contributed by atoms with Gasteiger partial charge in [-0.05, 0) is 24.6 Å². The average Bonchev–Trinajstić information content (AvgIpc) is 2.28. The summed E-state index contributed by atoms with van der Waals surface area (Å²) in [4.78, 5) is 18.3. The third-order valence-corrected chi connectivity index (χ3v) is 3.48. The summed E-state index contributed by atoms with van der Waals surface area (Å²) in [6, 6.07) is 7.78. The van der Waals surface area contributed by atoms with Crippen molar-refractivity contribution in [2.24, 2.45) is 0 Å². The van der Waals surface area contributed by atoms with Crippen LogP contribution in [0, 0.1) is 0 Å². The monoisotopic (exact) mass is 254 g/mol. The molecule has 0 aliphatic carbocycles. The molecule has 0 radical (unpaired) electrons. The van der Waals surface area contributed by atoms with Gasteiger partial charge in [0, 0.05) is 10.7 Å². The van der Waals surface area contributed by atoms with Gasteiger partial charge >= 0.3 is 0 Å². The third-order valence-electron chi connectivity index (χ3n) is 2.72. The molecule has 3 nitrogen and oxygen atoms in total. The highest BCUT2D eigenvalue weighted by atomic mass is 31.2. The standard InChI is InChI=1S/C13H19O3P/c1-10(17(14)15)9-13(2,3)11-5-7-12(16-4)8-6-11/h5-9,14-15H,1-4H3/b10-9-. The van der Waals surface area contributed by atoms with Gasteiger partial charge in [-0.1, -0.05) is 32.1 Å². The summed E-state index contributed by atoms with van der Waals surface area (Å²) < 4.78 is 5.11. The first-order valence-corrected chi connectivity index (χ1v) is 6.63. The van der Waals surface area contributed by atoms with Crippen LogP contribution in [0.3, 0.4) is 0 Å². The largest absolute Gasteiger partial charge is 0.497 e. The molecule has 0 bridgehead atoms. The zero-order chi connectivity index (χ0) is 13.1. The molecule has 0 aliphatic rings. The molecule has 1 aromatic rings. The molecule has 0 spiro atoms. The van der Waals surface area contributed by atoms with Crippen LogP contribution in [0.25, 0.3) is 0 Å². The maximum atomic E-state index is 9.15. The topological polar surface area (TPSA) is 49.7 Å². The summed E-state index contributed by atoms with van der Waals surface area (Å²) in [7, 11) is -0.355. The maximum Gasteiger partial charge on any atom is 0.194 e. The molecule has 94 valence electrons. The van der Waals surface area contributed by atoms with Crippen LogP contribution < -0.4 is 4.74 Å². The Morgan fingerprint density at radius 3 is 2.18 bits per heavy atom. The molecule has 1 rings (SSSR count). The summed E-state index contributed by atoms with van der Waals surface area (Å²) in [6.07, 6.45) is 1.89. The van der Waals surface area contributed by atoms with E-state index in [1.165, 1.54) is 0 Å². The molecule has 0 atom stereocenters. The number of ether oxygens (including phenoxy) is 1. The summed E-state index contributed by atoms with van der Waals surface area (Å²) in [5.74, 6) is 0.816. The van der Waals surface area contributed by atoms with E-state index in [1.807, 2.05) is 44.2 Å². The first kappa shape index (κ1) is 14.2. The van der Waals surface area contributed by atoms with Gasteiger partial charge < -0.3 is 14.5 Å². The summed E-state index contributed by atoms with van der Waals surface area (Å²) in [5.41, 5.74) is 0.872. The fraction of sp³-hybridized carbons (Fsp3) is 0.385. The van der Waals surface area contributed by atoms with Gasteiger partial charge in [-0.25, -0.2) is 0 Å². The molecule has 0 unspecified atom stereocenters. The fourth-order valence-electron chi connectivity index (χ4n) is 1.68. The first-order valence-electron chi connectivity index (χ1n) is 5.38. The quantitative estimate of drug-likeness (QED) is 0.811. The van der Waals surface area contributed by atoms with Gasteiger partial charge in [-0.2, -0.15) is 0 Å². The van der Waals surface area contributed by atoms with Gasteiger partial charge in [0.25, 0.3) is 0 Å². The zero-order valence-corrected chi connectivity index (χ0v) is 11.5. The Morgan fingerprint density at radius 2 is 1.76 bits per heavy atom. The lowest BCUT2D eigenvalue weighted by Crippen LogP contribution is -2.14. The molecule has 0 aliphatic heterocycles. The molecule has 0 saturated heterocycles. The minimum absolute atomic E-state index is 0.234. The normalized spacial score (nSPS) is 13.0. The fourth-order valence-corrected chi connectivity index (χ4v) is 2.12. The lowest BCUT2D eigenvalue weighted by Gasteiger charge is -2.22. The minimum Gasteiger partial charge on any atom is -0.497 e. The Bertz CT molecular complexity index is 394. The van der Waals surface area contributed by atoms with Crippen molar-refractivity contribution in [3.05, 3.63) is 41.2 Å². The van der Waals surface area contributed by atoms with Crippen LogP contribution >= 0.6 is 8.38 Å². The molecule has 0 fully saturated rings. The van der Waals surface area contributed by atoms with E-state index >= 15 is 0 Å². The molecule has 1 aromatic carbocycles. The van der Waals surface area contributed by atoms with E-state index < -0.39 is 8.38 Å². The van der Waals surface area contributed by atoms with Gasteiger partial charge in [-0.3, -0.25) is 0 Å². The molecule has 0 saturated carbocycles. The van der Waals surface area contributed by atoms with Gasteiger partial charge in [-0.15, -0.1) is 0 Å². The van der Waals surface area contributed by atoms with Crippen LogP contribution in [0.2, 0.25) is 0 Å². The number of rotatable bonds is 4. The van der Waals surface area contributed by atoms with Crippen molar-refractivity contribution < 1.29 is 14.5 Å². The smallest absolute Gasteiger partial charge is 0.194 e. The van der Waals surface area contributed by atoms with E-state index in [9.17, 15) is 0 Å². The van der Waals surface area contributed by atoms with E-state index in [4.69, 9.17) is 14.5 Å². The molecular weight excluding hydrogens is 235 g/mol. The van der Waals surface area contributed by atoms with Crippen molar-refractivity contribution in [1.29, 1.82) is 0 Å². The lowest BCUT2D eigenvalue weighted by atomic mass is 9.84. The Hall–Kier alpha value is -0.890. The van der Waals surface area contributed by atoms with E-state index in [0.717, 1.165) is 11.3 Å². The van der Waals surface area contributed by atoms with Crippen molar-refractivity contribution in [3.8, 4) is 5.75 Å². The highest BCUT2D eigenvalue weighted by Crippen LogP contribution is 2.38. The average molecular weight is 254 g/mol. The number of hydrogen-bond donors (Lipinski definition) is 2. The van der Waals surface area contributed by atoms with Crippen molar-refractivity contribution in [1.82, 2.24) is 0 Å². The Kier molecular flexibility index (Phi) is 4.70. The lowest BCUT2D eigenvalue weighted by molar-refractivity contribution is 0.414. The molecule has 0 heterocycles. The second kappa shape index (κ2) is 5.63. The molecule has 2 N–H and O–H groups in total. The van der Waals surface area contributed by atoms with E-state index in [1.54, 1.807) is 14.0 Å². The van der Waals surface area contributed by atoms with Crippen molar-refractivity contribution >= 4 is 8.38 Å². The van der Waals surface area contributed by atoms with Gasteiger partial charge in [0.15, 0.2) is 8.38 Å². The molecule has 0 aromatic heterocycles. The summed E-state index contributed by atoms with van der Waals surface area (Å²) in [5, 5.41) is 0.612. The third kappa shape index (κ3) is 3.81. The molecular formula is C13H19O3P. The van der Waals surface area contributed by atoms with Gasteiger partial charge in [0.1, 0.15) is 5.75 Å². The van der Waals surface area contributed by atoms with Crippen molar-refractivity contribution in [2.45, 2.75) is 26.2 Å². The Morgan fingerprint density at radius 1 is 1.24 bits per heavy atom. The van der Waals surface area contributed by atoms with Crippen LogP contribution in [-0.2, 0) is 5.41 Å². The summed E-state index contributed by atoms with van der Waals surface area (Å²) in [6.45, 7) is 5.81. The van der Waals surface area contributed by atoms with E-state index in [0.29, 0.717) is 5.31 Å². The molecule has 17 heavy (non-hydrogen) atoms. The Labute approximate surface area is 104 Å². The van der Waals surface area contributed by atoms with Crippen LogP contribution in [-0.4, -0.2) is 16.9 Å². The van der Waals surface area contributed by atoms with E-state index in [2.05, 4.69) is 0 Å². The number of benzene rings is 1. The van der Waals surface area contributed by atoms with Crippen LogP contribution in [0.1, 0.15) is 26.3 Å². The zero-order valence-electron chi connectivity index (χ0n) is 10.6. The predicted molar refractivity (Wildman–Crippen MR) is 71.1 cm³/mol. The number of hydrogen-bond acceptors (Lipinski definition) is 3. The second-order valence-corrected chi connectivity index (χ2v) is 5.81. The Balaban J connectivity index is 3.00. The first-order chi connectivity index (χ1) is 7.86. The van der Waals surface area contributed by atoms with Crippen LogP contribution in [0.4, 0.5) is 0 Å². The predicted octanol–water partition coefficient (Wildman–Crippen LogP) is 3.17. The SMILES string of the molecule is COc1ccc(C(C)(C)/C=C(/C)P(O)O)cc1. The maximum absolute atomic E-state index is 9.15. The number of allylic oxidation sites excluding steroid dienone is 2. The second-order valence-electron chi connectivity index (χ2n) is 4.53.